The van der Waals surface area contributed by atoms with Crippen molar-refractivity contribution in [3.63, 3.8) is 0 Å². The SMILES string of the molecule is C[C@H](Sc1nnc(NC[C@H]2CCCO2)s1)C(=O)N[C@H](C)c1ccc(Cl)cc1Cl. The van der Waals surface area contributed by atoms with Gasteiger partial charge in [0.25, 0.3) is 0 Å². The molecule has 0 saturated carbocycles. The van der Waals surface area contributed by atoms with E-state index in [1.54, 1.807) is 12.1 Å². The molecule has 152 valence electrons. The first-order valence-electron chi connectivity index (χ1n) is 9.03. The Morgan fingerprint density at radius 1 is 1.39 bits per heavy atom. The summed E-state index contributed by atoms with van der Waals surface area (Å²) in [4.78, 5) is 12.5. The number of anilines is 1. The van der Waals surface area contributed by atoms with Crippen LogP contribution in [0.3, 0.4) is 0 Å². The minimum Gasteiger partial charge on any atom is -0.376 e. The van der Waals surface area contributed by atoms with Crippen molar-refractivity contribution in [2.24, 2.45) is 0 Å². The molecule has 2 heterocycles. The lowest BCUT2D eigenvalue weighted by atomic mass is 10.1. The zero-order valence-electron chi connectivity index (χ0n) is 15.6. The van der Waals surface area contributed by atoms with Gasteiger partial charge in [-0.25, -0.2) is 0 Å². The van der Waals surface area contributed by atoms with Gasteiger partial charge in [-0.3, -0.25) is 4.79 Å². The maximum Gasteiger partial charge on any atom is 0.233 e. The quantitative estimate of drug-likeness (QED) is 0.551. The first-order valence-corrected chi connectivity index (χ1v) is 11.5. The monoisotopic (exact) mass is 460 g/mol. The third-order valence-electron chi connectivity index (χ3n) is 4.35. The number of aromatic nitrogens is 2. The second-order valence-corrected chi connectivity index (χ2v) is 9.95. The van der Waals surface area contributed by atoms with Gasteiger partial charge in [-0.15, -0.1) is 10.2 Å². The number of carbonyl (C=O) groups excluding carboxylic acids is 1. The van der Waals surface area contributed by atoms with Crippen LogP contribution in [0.1, 0.15) is 38.3 Å². The van der Waals surface area contributed by atoms with E-state index in [1.807, 2.05) is 19.9 Å². The maximum absolute atomic E-state index is 12.5. The number of benzene rings is 1. The van der Waals surface area contributed by atoms with E-state index < -0.39 is 0 Å². The molecule has 1 aromatic heterocycles. The lowest BCUT2D eigenvalue weighted by Crippen LogP contribution is -2.33. The summed E-state index contributed by atoms with van der Waals surface area (Å²) in [5.74, 6) is -0.0902. The van der Waals surface area contributed by atoms with Crippen molar-refractivity contribution in [3.05, 3.63) is 33.8 Å². The highest BCUT2D eigenvalue weighted by Gasteiger charge is 2.21. The smallest absolute Gasteiger partial charge is 0.233 e. The molecule has 1 fully saturated rings. The molecule has 3 rings (SSSR count). The van der Waals surface area contributed by atoms with Gasteiger partial charge in [0.2, 0.25) is 11.0 Å². The van der Waals surface area contributed by atoms with Crippen LogP contribution in [0, 0.1) is 0 Å². The van der Waals surface area contributed by atoms with Crippen molar-refractivity contribution in [2.45, 2.75) is 48.4 Å². The van der Waals surface area contributed by atoms with Gasteiger partial charge in [-0.05, 0) is 44.4 Å². The highest BCUT2D eigenvalue weighted by atomic mass is 35.5. The number of nitrogens with zero attached hydrogens (tertiary/aromatic N) is 2. The number of hydrogen-bond acceptors (Lipinski definition) is 7. The Morgan fingerprint density at radius 3 is 2.93 bits per heavy atom. The van der Waals surface area contributed by atoms with Crippen molar-refractivity contribution < 1.29 is 9.53 Å². The van der Waals surface area contributed by atoms with Crippen LogP contribution < -0.4 is 10.6 Å². The van der Waals surface area contributed by atoms with Gasteiger partial charge in [0.1, 0.15) is 0 Å². The lowest BCUT2D eigenvalue weighted by Gasteiger charge is -2.18. The number of nitrogens with one attached hydrogen (secondary N) is 2. The molecule has 3 atom stereocenters. The Bertz CT molecular complexity index is 815. The van der Waals surface area contributed by atoms with Crippen LogP contribution in [0.2, 0.25) is 10.0 Å². The molecule has 0 aliphatic carbocycles. The fourth-order valence-electron chi connectivity index (χ4n) is 2.80. The molecule has 1 aliphatic rings. The van der Waals surface area contributed by atoms with Crippen molar-refractivity contribution >= 4 is 57.3 Å². The number of amides is 1. The molecule has 2 N–H and O–H groups in total. The van der Waals surface area contributed by atoms with E-state index in [-0.39, 0.29) is 23.3 Å². The molecule has 1 amide bonds. The molecule has 0 bridgehead atoms. The van der Waals surface area contributed by atoms with Crippen molar-refractivity contribution in [1.29, 1.82) is 0 Å². The highest BCUT2D eigenvalue weighted by molar-refractivity contribution is 8.02. The van der Waals surface area contributed by atoms with Gasteiger partial charge in [0.05, 0.1) is 17.4 Å². The van der Waals surface area contributed by atoms with Crippen LogP contribution in [-0.2, 0) is 9.53 Å². The minimum atomic E-state index is -0.313. The maximum atomic E-state index is 12.5. The lowest BCUT2D eigenvalue weighted by molar-refractivity contribution is -0.120. The fourth-order valence-corrected chi connectivity index (χ4v) is 5.29. The van der Waals surface area contributed by atoms with Gasteiger partial charge in [-0.1, -0.05) is 52.4 Å². The van der Waals surface area contributed by atoms with Gasteiger partial charge >= 0.3 is 0 Å². The first kappa shape index (κ1) is 21.6. The van der Waals surface area contributed by atoms with Crippen LogP contribution >= 0.6 is 46.3 Å². The van der Waals surface area contributed by atoms with Crippen molar-refractivity contribution in [1.82, 2.24) is 15.5 Å². The van der Waals surface area contributed by atoms with E-state index in [0.717, 1.165) is 41.0 Å². The predicted molar refractivity (Wildman–Crippen MR) is 116 cm³/mol. The molecule has 2 aromatic rings. The van der Waals surface area contributed by atoms with E-state index >= 15 is 0 Å². The van der Waals surface area contributed by atoms with Crippen LogP contribution in [0.5, 0.6) is 0 Å². The molecule has 28 heavy (non-hydrogen) atoms. The number of hydrogen-bond donors (Lipinski definition) is 2. The molecule has 1 saturated heterocycles. The van der Waals surface area contributed by atoms with E-state index in [2.05, 4.69) is 20.8 Å². The van der Waals surface area contributed by atoms with Crippen LogP contribution in [0.4, 0.5) is 5.13 Å². The third-order valence-corrected chi connectivity index (χ3v) is 6.97. The van der Waals surface area contributed by atoms with E-state index in [9.17, 15) is 4.79 Å². The third kappa shape index (κ3) is 5.97. The Kier molecular flexibility index (Phi) is 7.82. The van der Waals surface area contributed by atoms with Gasteiger partial charge in [-0.2, -0.15) is 0 Å². The van der Waals surface area contributed by atoms with E-state index in [4.69, 9.17) is 27.9 Å². The molecule has 0 spiro atoms. The Balaban J connectivity index is 1.49. The van der Waals surface area contributed by atoms with E-state index in [1.165, 1.54) is 23.1 Å². The number of ether oxygens (including phenoxy) is 1. The number of thioether (sulfide) groups is 1. The van der Waals surface area contributed by atoms with Crippen molar-refractivity contribution in [3.8, 4) is 0 Å². The number of carbonyl (C=O) groups is 1. The molecule has 1 aromatic carbocycles. The zero-order chi connectivity index (χ0) is 20.1. The molecule has 10 heteroatoms. The second-order valence-electron chi connectivity index (χ2n) is 6.55. The van der Waals surface area contributed by atoms with Crippen molar-refractivity contribution in [2.75, 3.05) is 18.5 Å². The number of halogens is 2. The summed E-state index contributed by atoms with van der Waals surface area (Å²) in [7, 11) is 0. The zero-order valence-corrected chi connectivity index (χ0v) is 18.7. The minimum absolute atomic E-state index is 0.0902. The molecule has 0 radical (unpaired) electrons. The largest absolute Gasteiger partial charge is 0.376 e. The summed E-state index contributed by atoms with van der Waals surface area (Å²) in [6.07, 6.45) is 2.42. The topological polar surface area (TPSA) is 76.1 Å². The molecule has 0 unspecified atom stereocenters. The Hall–Kier alpha value is -1.06. The van der Waals surface area contributed by atoms with Crippen LogP contribution in [0.25, 0.3) is 0 Å². The summed E-state index contributed by atoms with van der Waals surface area (Å²) in [5.41, 5.74) is 0.827. The van der Waals surface area contributed by atoms with E-state index in [0.29, 0.717) is 10.0 Å². The first-order chi connectivity index (χ1) is 13.4. The average molecular weight is 461 g/mol. The van der Waals surface area contributed by atoms with Gasteiger partial charge in [0.15, 0.2) is 4.34 Å². The summed E-state index contributed by atoms with van der Waals surface area (Å²) < 4.78 is 6.33. The van der Waals surface area contributed by atoms with Gasteiger partial charge < -0.3 is 15.4 Å². The second kappa shape index (κ2) is 10.1. The molecular formula is C18H22Cl2N4O2S2. The van der Waals surface area contributed by atoms with Crippen LogP contribution in [0.15, 0.2) is 22.5 Å². The summed E-state index contributed by atoms with van der Waals surface area (Å²) >= 11 is 15.0. The molecule has 1 aliphatic heterocycles. The normalized spacial score (nSPS) is 18.6. The van der Waals surface area contributed by atoms with Gasteiger partial charge in [0, 0.05) is 23.2 Å². The molecule has 6 nitrogen and oxygen atoms in total. The fraction of sp³-hybridized carbons (Fsp3) is 0.500. The molecular weight excluding hydrogens is 439 g/mol. The summed E-state index contributed by atoms with van der Waals surface area (Å²) in [6, 6.07) is 5.03. The Labute approximate surface area is 182 Å². The summed E-state index contributed by atoms with van der Waals surface area (Å²) in [5, 5.41) is 16.1. The average Bonchev–Trinajstić information content (AvgIpc) is 3.31. The standard InChI is InChI=1S/C18H22Cl2N4O2S2/c1-10(14-6-5-12(19)8-15(14)20)22-16(25)11(2)27-18-24-23-17(28-18)21-9-13-4-3-7-26-13/h5-6,8,10-11,13H,3-4,7,9H2,1-2H3,(H,21,23)(H,22,25)/t10-,11+,13-/m1/s1. The summed E-state index contributed by atoms with van der Waals surface area (Å²) in [6.45, 7) is 5.30. The van der Waals surface area contributed by atoms with Crippen LogP contribution in [-0.4, -0.2) is 40.6 Å². The number of rotatable bonds is 8. The Morgan fingerprint density at radius 2 is 2.21 bits per heavy atom. The highest BCUT2D eigenvalue weighted by Crippen LogP contribution is 2.30. The predicted octanol–water partition coefficient (Wildman–Crippen LogP) is 4.79.